The topological polar surface area (TPSA) is 38.3 Å². The summed E-state index contributed by atoms with van der Waals surface area (Å²) in [5.74, 6) is 0.950. The summed E-state index contributed by atoms with van der Waals surface area (Å²) in [7, 11) is 0. The Hall–Kier alpha value is -1.72. The third-order valence-corrected chi connectivity index (χ3v) is 4.74. The van der Waals surface area contributed by atoms with Crippen LogP contribution in [0.1, 0.15) is 16.7 Å². The lowest BCUT2D eigenvalue weighted by atomic mass is 10.1. The van der Waals surface area contributed by atoms with Gasteiger partial charge in [0, 0.05) is 16.3 Å². The van der Waals surface area contributed by atoms with E-state index >= 15 is 0 Å². The molecule has 3 nitrogen and oxygen atoms in total. The highest BCUT2D eigenvalue weighted by Gasteiger charge is 2.08. The maximum atomic E-state index is 13.6. The van der Waals surface area contributed by atoms with E-state index in [2.05, 4.69) is 11.4 Å². The third-order valence-electron chi connectivity index (χ3n) is 3.43. The molecule has 2 aromatic rings. The lowest BCUT2D eigenvalue weighted by Crippen LogP contribution is -2.29. The fourth-order valence-corrected chi connectivity index (χ4v) is 3.54. The number of aryl methyl sites for hydroxylation is 2. The van der Waals surface area contributed by atoms with Gasteiger partial charge in [-0.15, -0.1) is 11.8 Å². The maximum Gasteiger partial charge on any atom is 0.230 e. The van der Waals surface area contributed by atoms with Crippen molar-refractivity contribution in [2.45, 2.75) is 19.6 Å². The van der Waals surface area contributed by atoms with Crippen LogP contribution in [0.15, 0.2) is 36.4 Å². The molecule has 0 aromatic heterocycles. The summed E-state index contributed by atoms with van der Waals surface area (Å²) in [5, 5.41) is 3.17. The molecule has 0 heterocycles. The largest absolute Gasteiger partial charge is 0.492 e. The van der Waals surface area contributed by atoms with Gasteiger partial charge in [0.25, 0.3) is 0 Å². The van der Waals surface area contributed by atoms with E-state index < -0.39 is 0 Å². The second kappa shape index (κ2) is 9.68. The minimum atomic E-state index is -0.345. The van der Waals surface area contributed by atoms with E-state index in [1.165, 1.54) is 17.8 Å². The van der Waals surface area contributed by atoms with Gasteiger partial charge in [-0.3, -0.25) is 4.79 Å². The molecule has 0 atom stereocenters. The van der Waals surface area contributed by atoms with Gasteiger partial charge in [-0.05, 0) is 49.2 Å². The third kappa shape index (κ3) is 6.59. The molecule has 0 aliphatic carbocycles. The summed E-state index contributed by atoms with van der Waals surface area (Å²) in [6.45, 7) is 4.85. The van der Waals surface area contributed by atoms with Crippen LogP contribution in [0.3, 0.4) is 0 Å². The normalized spacial score (nSPS) is 10.6. The van der Waals surface area contributed by atoms with E-state index in [4.69, 9.17) is 16.3 Å². The number of rotatable bonds is 8. The highest BCUT2D eigenvalue weighted by Crippen LogP contribution is 2.23. The number of hydrogen-bond donors (Lipinski definition) is 1. The average molecular weight is 382 g/mol. The molecule has 0 aliphatic rings. The Morgan fingerprint density at radius 1 is 1.24 bits per heavy atom. The highest BCUT2D eigenvalue weighted by atomic mass is 35.5. The lowest BCUT2D eigenvalue weighted by molar-refractivity contribution is -0.118. The Bertz CT molecular complexity index is 699. The molecule has 2 aromatic carbocycles. The molecule has 25 heavy (non-hydrogen) atoms. The number of carbonyl (C=O) groups is 1. The molecule has 1 amide bonds. The smallest absolute Gasteiger partial charge is 0.230 e. The summed E-state index contributed by atoms with van der Waals surface area (Å²) in [6.07, 6.45) is 0. The number of hydrogen-bond acceptors (Lipinski definition) is 3. The molecule has 6 heteroatoms. The second-order valence-corrected chi connectivity index (χ2v) is 7.11. The Morgan fingerprint density at radius 3 is 2.64 bits per heavy atom. The summed E-state index contributed by atoms with van der Waals surface area (Å²) >= 11 is 7.28. The van der Waals surface area contributed by atoms with Crippen molar-refractivity contribution in [1.29, 1.82) is 0 Å². The van der Waals surface area contributed by atoms with Crippen molar-refractivity contribution in [1.82, 2.24) is 5.32 Å². The first-order valence-electron chi connectivity index (χ1n) is 7.94. The molecule has 0 bridgehead atoms. The van der Waals surface area contributed by atoms with Gasteiger partial charge in [0.05, 0.1) is 12.3 Å². The number of carbonyl (C=O) groups excluding carboxylic acids is 1. The van der Waals surface area contributed by atoms with Crippen LogP contribution < -0.4 is 10.1 Å². The van der Waals surface area contributed by atoms with Crippen molar-refractivity contribution in [3.63, 3.8) is 0 Å². The molecule has 2 rings (SSSR count). The zero-order valence-corrected chi connectivity index (χ0v) is 15.8. The van der Waals surface area contributed by atoms with Crippen LogP contribution in [0.25, 0.3) is 0 Å². The monoisotopic (exact) mass is 381 g/mol. The summed E-state index contributed by atoms with van der Waals surface area (Å²) in [4.78, 5) is 11.8. The summed E-state index contributed by atoms with van der Waals surface area (Å²) in [5.41, 5.74) is 2.71. The average Bonchev–Trinajstić information content (AvgIpc) is 2.53. The molecule has 0 radical (unpaired) electrons. The van der Waals surface area contributed by atoms with Crippen LogP contribution in [0.2, 0.25) is 5.02 Å². The molecular weight excluding hydrogens is 361 g/mol. The maximum absolute atomic E-state index is 13.6. The van der Waals surface area contributed by atoms with Crippen molar-refractivity contribution >= 4 is 29.3 Å². The number of thioether (sulfide) groups is 1. The summed E-state index contributed by atoms with van der Waals surface area (Å²) < 4.78 is 19.3. The van der Waals surface area contributed by atoms with Gasteiger partial charge in [-0.2, -0.15) is 0 Å². The van der Waals surface area contributed by atoms with Gasteiger partial charge in [-0.1, -0.05) is 23.7 Å². The molecular formula is C19H21ClFNO2S. The lowest BCUT2D eigenvalue weighted by Gasteiger charge is -2.09. The van der Waals surface area contributed by atoms with Crippen LogP contribution in [0.5, 0.6) is 5.75 Å². The van der Waals surface area contributed by atoms with Crippen LogP contribution in [-0.4, -0.2) is 24.8 Å². The molecule has 0 aliphatic heterocycles. The van der Waals surface area contributed by atoms with Crippen LogP contribution >= 0.6 is 23.4 Å². The molecule has 0 unspecified atom stereocenters. The van der Waals surface area contributed by atoms with E-state index in [1.807, 2.05) is 26.0 Å². The van der Waals surface area contributed by atoms with Gasteiger partial charge in [-0.25, -0.2) is 4.39 Å². The number of amides is 1. The van der Waals surface area contributed by atoms with Gasteiger partial charge in [0.1, 0.15) is 18.2 Å². The van der Waals surface area contributed by atoms with Crippen molar-refractivity contribution in [2.75, 3.05) is 18.9 Å². The molecule has 134 valence electrons. The first-order valence-corrected chi connectivity index (χ1v) is 9.47. The predicted molar refractivity (Wildman–Crippen MR) is 102 cm³/mol. The summed E-state index contributed by atoms with van der Waals surface area (Å²) in [6, 6.07) is 10.6. The van der Waals surface area contributed by atoms with E-state index in [0.29, 0.717) is 29.5 Å². The van der Waals surface area contributed by atoms with E-state index in [9.17, 15) is 9.18 Å². The fraction of sp³-hybridized carbons (Fsp3) is 0.316. The molecule has 1 N–H and O–H groups in total. The zero-order valence-electron chi connectivity index (χ0n) is 14.3. The minimum absolute atomic E-state index is 0.110. The molecule has 0 fully saturated rings. The van der Waals surface area contributed by atoms with Crippen molar-refractivity contribution in [3.05, 3.63) is 63.9 Å². The van der Waals surface area contributed by atoms with Crippen molar-refractivity contribution < 1.29 is 13.9 Å². The van der Waals surface area contributed by atoms with Crippen molar-refractivity contribution in [2.24, 2.45) is 0 Å². The Kier molecular flexibility index (Phi) is 7.59. The SMILES string of the molecule is Cc1cc(C)cc(OCCNC(=O)CSCc2c(F)cccc2Cl)c1. The van der Waals surface area contributed by atoms with Gasteiger partial charge < -0.3 is 10.1 Å². The quantitative estimate of drug-likeness (QED) is 0.683. The van der Waals surface area contributed by atoms with Crippen LogP contribution in [-0.2, 0) is 10.5 Å². The highest BCUT2D eigenvalue weighted by molar-refractivity contribution is 7.99. The number of ether oxygens (including phenoxy) is 1. The minimum Gasteiger partial charge on any atom is -0.492 e. The van der Waals surface area contributed by atoms with E-state index in [0.717, 1.165) is 16.9 Å². The second-order valence-electron chi connectivity index (χ2n) is 5.71. The molecule has 0 spiro atoms. The predicted octanol–water partition coefficient (Wildman–Crippen LogP) is 4.52. The van der Waals surface area contributed by atoms with Crippen LogP contribution in [0.4, 0.5) is 4.39 Å². The van der Waals surface area contributed by atoms with Gasteiger partial charge in [0.15, 0.2) is 0 Å². The zero-order chi connectivity index (χ0) is 18.2. The number of halogens is 2. The van der Waals surface area contributed by atoms with E-state index in [1.54, 1.807) is 12.1 Å². The Balaban J connectivity index is 1.66. The standard InChI is InChI=1S/C19H21ClFNO2S/c1-13-8-14(2)10-15(9-13)24-7-6-22-19(23)12-25-11-16-17(20)4-3-5-18(16)21/h3-5,8-10H,6-7,11-12H2,1-2H3,(H,22,23). The molecule has 0 saturated carbocycles. The Labute approximate surface area is 156 Å². The van der Waals surface area contributed by atoms with Crippen LogP contribution in [0, 0.1) is 19.7 Å². The molecule has 0 saturated heterocycles. The van der Waals surface area contributed by atoms with Gasteiger partial charge >= 0.3 is 0 Å². The fourth-order valence-electron chi connectivity index (χ4n) is 2.34. The Morgan fingerprint density at radius 2 is 1.96 bits per heavy atom. The first kappa shape index (κ1) is 19.6. The van der Waals surface area contributed by atoms with E-state index in [-0.39, 0.29) is 17.5 Å². The van der Waals surface area contributed by atoms with Crippen molar-refractivity contribution in [3.8, 4) is 5.75 Å². The number of benzene rings is 2. The van der Waals surface area contributed by atoms with Gasteiger partial charge in [0.2, 0.25) is 5.91 Å². The first-order chi connectivity index (χ1) is 12.0. The number of nitrogens with one attached hydrogen (secondary N) is 1.